The lowest BCUT2D eigenvalue weighted by Crippen LogP contribution is -2.42. The van der Waals surface area contributed by atoms with Gasteiger partial charge in [0.1, 0.15) is 5.82 Å². The van der Waals surface area contributed by atoms with Gasteiger partial charge < -0.3 is 9.47 Å². The molecule has 0 saturated carbocycles. The monoisotopic (exact) mass is 515 g/mol. The van der Waals surface area contributed by atoms with Gasteiger partial charge in [0.05, 0.1) is 26.9 Å². The van der Waals surface area contributed by atoms with Gasteiger partial charge in [-0.25, -0.2) is 4.39 Å². The van der Waals surface area contributed by atoms with Crippen LogP contribution in [0.4, 0.5) is 4.39 Å². The van der Waals surface area contributed by atoms with E-state index in [0.717, 1.165) is 15.1 Å². The van der Waals surface area contributed by atoms with Crippen LogP contribution in [0, 0.1) is 5.82 Å². The van der Waals surface area contributed by atoms with Gasteiger partial charge in [0.15, 0.2) is 5.60 Å². The molecular weight excluding hydrogens is 493 g/mol. The number of amides is 1. The van der Waals surface area contributed by atoms with E-state index in [9.17, 15) is 14.0 Å². The van der Waals surface area contributed by atoms with Crippen molar-refractivity contribution in [3.8, 4) is 0 Å². The highest BCUT2D eigenvalue weighted by Crippen LogP contribution is 2.43. The normalized spacial score (nSPS) is 20.3. The lowest BCUT2D eigenvalue weighted by atomic mass is 9.95. The Morgan fingerprint density at radius 3 is 2.50 bits per heavy atom. The Bertz CT molecular complexity index is 935. The molecule has 1 aromatic heterocycles. The van der Waals surface area contributed by atoms with Crippen molar-refractivity contribution in [2.24, 2.45) is 0 Å². The molecule has 2 unspecified atom stereocenters. The summed E-state index contributed by atoms with van der Waals surface area (Å²) in [7, 11) is 0. The zero-order valence-corrected chi connectivity index (χ0v) is 20.3. The third-order valence-electron chi connectivity index (χ3n) is 4.58. The minimum Gasteiger partial charge on any atom is -0.466 e. The molecule has 1 aromatic carbocycles. The lowest BCUT2D eigenvalue weighted by molar-refractivity contribution is -0.140. The Kier molecular flexibility index (Phi) is 8.52. The number of benzene rings is 1. The number of hydrogen-bond donors (Lipinski definition) is 0. The molecule has 0 radical (unpaired) electrons. The standard InChI is InChI=1S/C16H13BrFNO2S2.C5H10O2/c1-9-16(2,12-7-8-13(17)23-12)21-15(22)19(9)14(20)10-5-3-4-6-11(10)18;1-3-4-7-5(2)6/h3-9H,1-2H3;3-4H2,1-2H3. The van der Waals surface area contributed by atoms with E-state index >= 15 is 0 Å². The van der Waals surface area contributed by atoms with Crippen LogP contribution < -0.4 is 0 Å². The molecule has 1 amide bonds. The Morgan fingerprint density at radius 2 is 2.00 bits per heavy atom. The van der Waals surface area contributed by atoms with E-state index < -0.39 is 17.3 Å². The third-order valence-corrected chi connectivity index (χ3v) is 6.70. The molecule has 0 spiro atoms. The van der Waals surface area contributed by atoms with Gasteiger partial charge in [0.25, 0.3) is 11.1 Å². The fourth-order valence-electron chi connectivity index (χ4n) is 2.83. The Morgan fingerprint density at radius 1 is 1.33 bits per heavy atom. The van der Waals surface area contributed by atoms with Crippen molar-refractivity contribution in [3.05, 3.63) is 56.4 Å². The maximum atomic E-state index is 13.9. The smallest absolute Gasteiger partial charge is 0.302 e. The van der Waals surface area contributed by atoms with Crippen molar-refractivity contribution >= 4 is 56.5 Å². The summed E-state index contributed by atoms with van der Waals surface area (Å²) in [6, 6.07) is 9.37. The van der Waals surface area contributed by atoms with Crippen LogP contribution in [0.3, 0.4) is 0 Å². The van der Waals surface area contributed by atoms with E-state index in [1.165, 1.54) is 35.3 Å². The molecule has 5 nitrogen and oxygen atoms in total. The minimum absolute atomic E-state index is 0.0121. The zero-order valence-electron chi connectivity index (χ0n) is 17.1. The van der Waals surface area contributed by atoms with Crippen LogP contribution in [-0.2, 0) is 19.9 Å². The van der Waals surface area contributed by atoms with E-state index in [0.29, 0.717) is 6.61 Å². The van der Waals surface area contributed by atoms with E-state index in [4.69, 9.17) is 17.0 Å². The van der Waals surface area contributed by atoms with Gasteiger partial charge in [-0.3, -0.25) is 14.5 Å². The number of halogens is 2. The Labute approximate surface area is 193 Å². The molecule has 0 N–H and O–H groups in total. The maximum absolute atomic E-state index is 13.9. The highest BCUT2D eigenvalue weighted by molar-refractivity contribution is 9.11. The summed E-state index contributed by atoms with van der Waals surface area (Å²) in [5.41, 5.74) is -0.767. The van der Waals surface area contributed by atoms with Crippen molar-refractivity contribution < 1.29 is 23.5 Å². The third kappa shape index (κ3) is 5.44. The van der Waals surface area contributed by atoms with Gasteiger partial charge in [0.2, 0.25) is 0 Å². The predicted molar refractivity (Wildman–Crippen MR) is 122 cm³/mol. The first-order chi connectivity index (χ1) is 14.1. The lowest BCUT2D eigenvalue weighted by Gasteiger charge is -2.27. The van der Waals surface area contributed by atoms with Crippen LogP contribution in [0.15, 0.2) is 40.2 Å². The molecule has 1 saturated heterocycles. The van der Waals surface area contributed by atoms with Gasteiger partial charge >= 0.3 is 5.97 Å². The van der Waals surface area contributed by atoms with E-state index in [1.807, 2.05) is 32.9 Å². The first kappa shape index (κ1) is 24.4. The number of ether oxygens (including phenoxy) is 2. The highest BCUT2D eigenvalue weighted by Gasteiger charge is 2.51. The summed E-state index contributed by atoms with van der Waals surface area (Å²) in [6.45, 7) is 7.66. The second-order valence-electron chi connectivity index (χ2n) is 6.75. The van der Waals surface area contributed by atoms with Crippen LogP contribution >= 0.6 is 39.5 Å². The molecule has 2 heterocycles. The molecule has 9 heteroatoms. The van der Waals surface area contributed by atoms with Crippen LogP contribution in [0.1, 0.15) is 49.4 Å². The molecule has 1 fully saturated rings. The quantitative estimate of drug-likeness (QED) is 0.387. The van der Waals surface area contributed by atoms with E-state index in [-0.39, 0.29) is 22.7 Å². The molecule has 3 rings (SSSR count). The molecule has 2 atom stereocenters. The zero-order chi connectivity index (χ0) is 22.5. The van der Waals surface area contributed by atoms with Crippen molar-refractivity contribution in [2.45, 2.75) is 45.8 Å². The molecule has 0 bridgehead atoms. The molecule has 162 valence electrons. The fraction of sp³-hybridized carbons (Fsp3) is 0.381. The summed E-state index contributed by atoms with van der Waals surface area (Å²) in [5.74, 6) is -1.25. The average molecular weight is 516 g/mol. The number of carbonyl (C=O) groups excluding carboxylic acids is 2. The predicted octanol–water partition coefficient (Wildman–Crippen LogP) is 5.67. The maximum Gasteiger partial charge on any atom is 0.302 e. The molecule has 1 aliphatic heterocycles. The first-order valence-corrected chi connectivity index (χ1v) is 11.3. The molecular formula is C21H23BrFNO4S2. The van der Waals surface area contributed by atoms with Crippen molar-refractivity contribution in [2.75, 3.05) is 6.61 Å². The van der Waals surface area contributed by atoms with Crippen LogP contribution in [0.25, 0.3) is 0 Å². The Hall–Kier alpha value is -1.84. The van der Waals surface area contributed by atoms with E-state index in [2.05, 4.69) is 20.7 Å². The Balaban J connectivity index is 0.000000396. The fourth-order valence-corrected chi connectivity index (χ4v) is 4.79. The summed E-state index contributed by atoms with van der Waals surface area (Å²) in [5, 5.41) is 0.0674. The largest absolute Gasteiger partial charge is 0.466 e. The van der Waals surface area contributed by atoms with Gasteiger partial charge in [-0.05, 0) is 72.7 Å². The average Bonchev–Trinajstić information content (AvgIpc) is 3.22. The first-order valence-electron chi connectivity index (χ1n) is 9.32. The summed E-state index contributed by atoms with van der Waals surface area (Å²) in [6.07, 6.45) is 0.902. The molecule has 30 heavy (non-hydrogen) atoms. The van der Waals surface area contributed by atoms with Crippen molar-refractivity contribution in [1.29, 1.82) is 0 Å². The van der Waals surface area contributed by atoms with Gasteiger partial charge in [-0.1, -0.05) is 19.1 Å². The number of nitrogens with zero attached hydrogens (tertiary/aromatic N) is 1. The van der Waals surface area contributed by atoms with Crippen molar-refractivity contribution in [1.82, 2.24) is 4.90 Å². The topological polar surface area (TPSA) is 55.8 Å². The summed E-state index contributed by atoms with van der Waals surface area (Å²) >= 11 is 10.2. The summed E-state index contributed by atoms with van der Waals surface area (Å²) in [4.78, 5) is 25.0. The molecule has 1 aliphatic rings. The number of thiophene rings is 1. The van der Waals surface area contributed by atoms with Gasteiger partial charge in [-0.2, -0.15) is 0 Å². The van der Waals surface area contributed by atoms with Crippen LogP contribution in [0.5, 0.6) is 0 Å². The number of thiocarbonyl (C=S) groups is 1. The highest BCUT2D eigenvalue weighted by atomic mass is 79.9. The second-order valence-corrected chi connectivity index (χ2v) is 9.56. The number of hydrogen-bond acceptors (Lipinski definition) is 6. The van der Waals surface area contributed by atoms with Gasteiger partial charge in [0, 0.05) is 6.92 Å². The van der Waals surface area contributed by atoms with Crippen molar-refractivity contribution in [3.63, 3.8) is 0 Å². The van der Waals surface area contributed by atoms with Crippen LogP contribution in [-0.4, -0.2) is 34.6 Å². The second kappa shape index (κ2) is 10.5. The molecule has 2 aromatic rings. The number of esters is 1. The van der Waals surface area contributed by atoms with Crippen LogP contribution in [0.2, 0.25) is 0 Å². The van der Waals surface area contributed by atoms with E-state index in [1.54, 1.807) is 12.1 Å². The summed E-state index contributed by atoms with van der Waals surface area (Å²) < 4.78 is 25.3. The number of rotatable bonds is 4. The number of carbonyl (C=O) groups is 2. The van der Waals surface area contributed by atoms with Gasteiger partial charge in [-0.15, -0.1) is 11.3 Å². The minimum atomic E-state index is -0.755. The molecule has 0 aliphatic carbocycles. The SMILES string of the molecule is CC1N(C(=O)c2ccccc2F)C(=S)OC1(C)c1ccc(Br)s1.CCCOC(C)=O.